The molecule has 11 heavy (non-hydrogen) atoms. The van der Waals surface area contributed by atoms with Gasteiger partial charge in [0.15, 0.2) is 0 Å². The van der Waals surface area contributed by atoms with Crippen molar-refractivity contribution >= 4 is 17.7 Å². The van der Waals surface area contributed by atoms with Crippen molar-refractivity contribution in [1.29, 1.82) is 0 Å². The van der Waals surface area contributed by atoms with Gasteiger partial charge in [0, 0.05) is 19.8 Å². The Kier molecular flexibility index (Phi) is 2.28. The van der Waals surface area contributed by atoms with Gasteiger partial charge in [-0.25, -0.2) is 0 Å². The molecule has 0 saturated heterocycles. The van der Waals surface area contributed by atoms with E-state index in [1.165, 1.54) is 0 Å². The Hall–Kier alpha value is -0.440. The van der Waals surface area contributed by atoms with Gasteiger partial charge in [-0.2, -0.15) is 0 Å². The Bertz CT molecular complexity index is 200. The molecule has 1 rings (SSSR count). The van der Waals surface area contributed by atoms with E-state index in [0.717, 1.165) is 5.75 Å². The molecule has 1 heterocycles. The van der Waals surface area contributed by atoms with Crippen LogP contribution in [0.25, 0.3) is 0 Å². The SMILES string of the molecule is CN(C)C(=O)C1(C)C=CSC1. The summed E-state index contributed by atoms with van der Waals surface area (Å²) in [6, 6.07) is 0. The van der Waals surface area contributed by atoms with E-state index in [-0.39, 0.29) is 11.3 Å². The van der Waals surface area contributed by atoms with Crippen LogP contribution in [-0.4, -0.2) is 30.7 Å². The number of hydrogen-bond acceptors (Lipinski definition) is 2. The molecule has 1 aliphatic heterocycles. The van der Waals surface area contributed by atoms with Crippen LogP contribution in [0, 0.1) is 5.41 Å². The van der Waals surface area contributed by atoms with Crippen LogP contribution in [0.3, 0.4) is 0 Å². The van der Waals surface area contributed by atoms with Crippen LogP contribution >= 0.6 is 11.8 Å². The van der Waals surface area contributed by atoms with E-state index < -0.39 is 0 Å². The first-order chi connectivity index (χ1) is 5.06. The molecule has 1 aliphatic rings. The molecule has 0 N–H and O–H groups in total. The molecule has 0 radical (unpaired) electrons. The van der Waals surface area contributed by atoms with Gasteiger partial charge >= 0.3 is 0 Å². The molecule has 1 atom stereocenters. The summed E-state index contributed by atoms with van der Waals surface area (Å²) >= 11 is 1.70. The number of amides is 1. The molecule has 0 aromatic rings. The second kappa shape index (κ2) is 2.89. The Balaban J connectivity index is 2.72. The minimum Gasteiger partial charge on any atom is -0.348 e. The Morgan fingerprint density at radius 1 is 1.64 bits per heavy atom. The largest absolute Gasteiger partial charge is 0.348 e. The molecule has 2 nitrogen and oxygen atoms in total. The van der Waals surface area contributed by atoms with Crippen molar-refractivity contribution in [3.63, 3.8) is 0 Å². The summed E-state index contributed by atoms with van der Waals surface area (Å²) in [5.41, 5.74) is -0.256. The van der Waals surface area contributed by atoms with Crippen molar-refractivity contribution in [3.8, 4) is 0 Å². The summed E-state index contributed by atoms with van der Waals surface area (Å²) in [4.78, 5) is 13.2. The van der Waals surface area contributed by atoms with Crippen LogP contribution in [0.15, 0.2) is 11.5 Å². The van der Waals surface area contributed by atoms with Crippen LogP contribution in [0.4, 0.5) is 0 Å². The maximum atomic E-state index is 11.5. The predicted octanol–water partition coefficient (Wildman–Crippen LogP) is 1.34. The van der Waals surface area contributed by atoms with Crippen molar-refractivity contribution in [1.82, 2.24) is 4.90 Å². The zero-order chi connectivity index (χ0) is 8.48. The molecule has 0 bridgehead atoms. The maximum Gasteiger partial charge on any atom is 0.232 e. The van der Waals surface area contributed by atoms with E-state index in [0.29, 0.717) is 0 Å². The van der Waals surface area contributed by atoms with Crippen molar-refractivity contribution in [2.45, 2.75) is 6.92 Å². The molecule has 0 spiro atoms. The Morgan fingerprint density at radius 3 is 2.64 bits per heavy atom. The molecule has 0 fully saturated rings. The third-order valence-corrected chi connectivity index (χ3v) is 2.90. The van der Waals surface area contributed by atoms with E-state index in [1.54, 1.807) is 30.8 Å². The monoisotopic (exact) mass is 171 g/mol. The normalized spacial score (nSPS) is 29.0. The highest BCUT2D eigenvalue weighted by Crippen LogP contribution is 2.33. The average molecular weight is 171 g/mol. The number of rotatable bonds is 1. The summed E-state index contributed by atoms with van der Waals surface area (Å²) in [5, 5.41) is 2.00. The fourth-order valence-electron chi connectivity index (χ4n) is 1.11. The Labute approximate surface area is 71.6 Å². The summed E-state index contributed by atoms with van der Waals surface area (Å²) < 4.78 is 0. The van der Waals surface area contributed by atoms with Crippen LogP contribution in [0.1, 0.15) is 6.92 Å². The summed E-state index contributed by atoms with van der Waals surface area (Å²) in [6.07, 6.45) is 1.99. The van der Waals surface area contributed by atoms with Gasteiger partial charge in [0.05, 0.1) is 5.41 Å². The summed E-state index contributed by atoms with van der Waals surface area (Å²) in [5.74, 6) is 1.07. The highest BCUT2D eigenvalue weighted by atomic mass is 32.2. The number of nitrogens with zero attached hydrogens (tertiary/aromatic N) is 1. The zero-order valence-corrected chi connectivity index (χ0v) is 7.94. The molecule has 62 valence electrons. The van der Waals surface area contributed by atoms with Gasteiger partial charge in [-0.3, -0.25) is 4.79 Å². The Morgan fingerprint density at radius 2 is 2.27 bits per heavy atom. The van der Waals surface area contributed by atoms with Crippen LogP contribution in [-0.2, 0) is 4.79 Å². The zero-order valence-electron chi connectivity index (χ0n) is 7.13. The second-order valence-electron chi connectivity index (χ2n) is 3.23. The fourth-order valence-corrected chi connectivity index (χ4v) is 2.17. The van der Waals surface area contributed by atoms with Gasteiger partial charge in [-0.15, -0.1) is 11.8 Å². The molecular weight excluding hydrogens is 158 g/mol. The lowest BCUT2D eigenvalue weighted by Crippen LogP contribution is -2.37. The fraction of sp³-hybridized carbons (Fsp3) is 0.625. The van der Waals surface area contributed by atoms with Gasteiger partial charge in [0.2, 0.25) is 5.91 Å². The van der Waals surface area contributed by atoms with Gasteiger partial charge in [0.1, 0.15) is 0 Å². The highest BCUT2D eigenvalue weighted by Gasteiger charge is 2.34. The van der Waals surface area contributed by atoms with Crippen molar-refractivity contribution in [2.24, 2.45) is 5.41 Å². The minimum atomic E-state index is -0.256. The van der Waals surface area contributed by atoms with E-state index in [1.807, 2.05) is 18.4 Å². The average Bonchev–Trinajstić information content (AvgIpc) is 2.35. The van der Waals surface area contributed by atoms with Gasteiger partial charge in [-0.1, -0.05) is 6.08 Å². The summed E-state index contributed by atoms with van der Waals surface area (Å²) in [7, 11) is 3.59. The van der Waals surface area contributed by atoms with Crippen molar-refractivity contribution in [2.75, 3.05) is 19.8 Å². The first-order valence-corrected chi connectivity index (χ1v) is 4.62. The standard InChI is InChI=1S/C8H13NOS/c1-8(4-5-11-6-8)7(10)9(2)3/h4-5H,6H2,1-3H3. The van der Waals surface area contributed by atoms with Gasteiger partial charge in [-0.05, 0) is 12.3 Å². The van der Waals surface area contributed by atoms with Crippen LogP contribution in [0.5, 0.6) is 0 Å². The molecule has 0 aromatic heterocycles. The lowest BCUT2D eigenvalue weighted by Gasteiger charge is -2.23. The number of carbonyl (C=O) groups excluding carboxylic acids is 1. The quantitative estimate of drug-likeness (QED) is 0.593. The molecule has 1 amide bonds. The third-order valence-electron chi connectivity index (χ3n) is 1.81. The maximum absolute atomic E-state index is 11.5. The molecule has 0 saturated carbocycles. The van der Waals surface area contributed by atoms with Crippen LogP contribution < -0.4 is 0 Å². The van der Waals surface area contributed by atoms with Crippen molar-refractivity contribution in [3.05, 3.63) is 11.5 Å². The molecule has 0 aliphatic carbocycles. The molecule has 0 aromatic carbocycles. The first kappa shape index (κ1) is 8.65. The van der Waals surface area contributed by atoms with E-state index >= 15 is 0 Å². The van der Waals surface area contributed by atoms with Gasteiger partial charge < -0.3 is 4.90 Å². The smallest absolute Gasteiger partial charge is 0.232 e. The number of carbonyl (C=O) groups is 1. The highest BCUT2D eigenvalue weighted by molar-refractivity contribution is 8.02. The van der Waals surface area contributed by atoms with E-state index in [4.69, 9.17) is 0 Å². The van der Waals surface area contributed by atoms with Gasteiger partial charge in [0.25, 0.3) is 0 Å². The minimum absolute atomic E-state index is 0.193. The first-order valence-electron chi connectivity index (χ1n) is 3.57. The van der Waals surface area contributed by atoms with Crippen molar-refractivity contribution < 1.29 is 4.79 Å². The number of thioether (sulfide) groups is 1. The van der Waals surface area contributed by atoms with Crippen LogP contribution in [0.2, 0.25) is 0 Å². The number of hydrogen-bond donors (Lipinski definition) is 0. The van der Waals surface area contributed by atoms with E-state index in [9.17, 15) is 4.79 Å². The topological polar surface area (TPSA) is 20.3 Å². The lowest BCUT2D eigenvalue weighted by atomic mass is 9.92. The lowest BCUT2D eigenvalue weighted by molar-refractivity contribution is -0.134. The third kappa shape index (κ3) is 1.59. The van der Waals surface area contributed by atoms with E-state index in [2.05, 4.69) is 0 Å². The molecule has 3 heteroatoms. The molecule has 1 unspecified atom stereocenters. The summed E-state index contributed by atoms with van der Waals surface area (Å²) in [6.45, 7) is 1.98. The molecular formula is C8H13NOS. The predicted molar refractivity (Wildman–Crippen MR) is 48.4 cm³/mol. The second-order valence-corrected chi connectivity index (χ2v) is 4.12.